The number of aromatic nitrogens is 2. The Bertz CT molecular complexity index is 1440. The molecule has 2 aromatic heterocycles. The predicted molar refractivity (Wildman–Crippen MR) is 131 cm³/mol. The van der Waals surface area contributed by atoms with E-state index < -0.39 is 16.6 Å². The maximum atomic E-state index is 14.2. The second kappa shape index (κ2) is 10.2. The van der Waals surface area contributed by atoms with Crippen molar-refractivity contribution in [2.24, 2.45) is 0 Å². The average Bonchev–Trinajstić information content (AvgIpc) is 3.40. The number of nitro groups is 1. The molecular weight excluding hydrogens is 491 g/mol. The van der Waals surface area contributed by atoms with Crippen LogP contribution in [0.2, 0.25) is 5.02 Å². The second-order valence-corrected chi connectivity index (χ2v) is 8.53. The normalized spacial score (nSPS) is 10.9. The molecule has 0 aliphatic rings. The Labute approximate surface area is 210 Å². The molecule has 4 rings (SSSR count). The number of amides is 1. The van der Waals surface area contributed by atoms with Gasteiger partial charge in [-0.25, -0.2) is 4.39 Å². The number of carbonyl (C=O) groups excluding carboxylic acids is 1. The predicted octanol–water partition coefficient (Wildman–Crippen LogP) is 5.98. The van der Waals surface area contributed by atoms with Crippen LogP contribution in [0, 0.1) is 36.7 Å². The minimum Gasteiger partial charge on any atom is -0.486 e. The molecule has 9 nitrogen and oxygen atoms in total. The van der Waals surface area contributed by atoms with E-state index in [4.69, 9.17) is 20.8 Å². The number of furan rings is 1. The fourth-order valence-electron chi connectivity index (χ4n) is 3.69. The minimum absolute atomic E-state index is 0.00483. The van der Waals surface area contributed by atoms with Crippen LogP contribution in [0.3, 0.4) is 0 Å². The minimum atomic E-state index is -0.484. The molecule has 1 N–H and O–H groups in total. The second-order valence-electron chi connectivity index (χ2n) is 8.12. The number of benzene rings is 2. The summed E-state index contributed by atoms with van der Waals surface area (Å²) < 4.78 is 27.0. The first-order valence-corrected chi connectivity index (χ1v) is 11.3. The van der Waals surface area contributed by atoms with Gasteiger partial charge in [0.25, 0.3) is 11.6 Å². The van der Waals surface area contributed by atoms with Gasteiger partial charge in [-0.15, -0.1) is 0 Å². The van der Waals surface area contributed by atoms with Crippen LogP contribution in [-0.4, -0.2) is 20.6 Å². The highest BCUT2D eigenvalue weighted by molar-refractivity contribution is 6.31. The van der Waals surface area contributed by atoms with Crippen molar-refractivity contribution < 1.29 is 23.3 Å². The molecule has 0 fully saturated rings. The molecule has 36 heavy (non-hydrogen) atoms. The highest BCUT2D eigenvalue weighted by Gasteiger charge is 2.19. The number of nitrogens with zero attached hydrogens (tertiary/aromatic N) is 3. The summed E-state index contributed by atoms with van der Waals surface area (Å²) in [6.45, 7) is 5.26. The van der Waals surface area contributed by atoms with Crippen LogP contribution >= 0.6 is 11.6 Å². The molecule has 2 heterocycles. The van der Waals surface area contributed by atoms with Crippen LogP contribution in [-0.2, 0) is 13.2 Å². The van der Waals surface area contributed by atoms with E-state index in [0.717, 1.165) is 0 Å². The van der Waals surface area contributed by atoms with Crippen LogP contribution in [0.15, 0.2) is 52.9 Å². The van der Waals surface area contributed by atoms with Gasteiger partial charge < -0.3 is 14.5 Å². The highest BCUT2D eigenvalue weighted by Crippen LogP contribution is 2.26. The summed E-state index contributed by atoms with van der Waals surface area (Å²) >= 11 is 6.14. The molecule has 4 aromatic rings. The molecule has 0 atom stereocenters. The van der Waals surface area contributed by atoms with E-state index in [1.807, 2.05) is 0 Å². The number of anilines is 1. The van der Waals surface area contributed by atoms with Crippen molar-refractivity contribution in [1.29, 1.82) is 0 Å². The fourth-order valence-corrected chi connectivity index (χ4v) is 3.92. The van der Waals surface area contributed by atoms with Crippen LogP contribution in [0.1, 0.15) is 38.8 Å². The Hall–Kier alpha value is -4.18. The Balaban J connectivity index is 1.42. The number of hydrogen-bond donors (Lipinski definition) is 1. The third kappa shape index (κ3) is 5.23. The molecule has 0 saturated carbocycles. The van der Waals surface area contributed by atoms with Crippen molar-refractivity contribution in [3.05, 3.63) is 104 Å². The van der Waals surface area contributed by atoms with Gasteiger partial charge >= 0.3 is 0 Å². The van der Waals surface area contributed by atoms with E-state index in [0.29, 0.717) is 44.7 Å². The molecule has 11 heteroatoms. The van der Waals surface area contributed by atoms with Gasteiger partial charge in [-0.1, -0.05) is 17.7 Å². The largest absolute Gasteiger partial charge is 0.486 e. The van der Waals surface area contributed by atoms with Gasteiger partial charge in [-0.05, 0) is 57.2 Å². The maximum absolute atomic E-state index is 14.2. The summed E-state index contributed by atoms with van der Waals surface area (Å²) in [5.41, 5.74) is 2.45. The zero-order valence-electron chi connectivity index (χ0n) is 19.7. The molecular formula is C25H22ClFN4O5. The summed E-state index contributed by atoms with van der Waals surface area (Å²) in [5.74, 6) is -0.0160. The van der Waals surface area contributed by atoms with E-state index in [-0.39, 0.29) is 24.6 Å². The SMILES string of the molecule is Cc1cc(OCc2ccc(C(=O)Nc3c(C)nn(Cc4c(F)cccc4Cl)c3C)o2)ccc1[N+](=O)[O-]. The Morgan fingerprint density at radius 2 is 2.00 bits per heavy atom. The number of hydrogen-bond acceptors (Lipinski definition) is 6. The van der Waals surface area contributed by atoms with E-state index in [2.05, 4.69) is 10.4 Å². The number of aryl methyl sites for hydroxylation is 2. The summed E-state index contributed by atoms with van der Waals surface area (Å²) in [5, 5.41) is 18.4. The van der Waals surface area contributed by atoms with Gasteiger partial charge in [0.05, 0.1) is 28.5 Å². The lowest BCUT2D eigenvalue weighted by Crippen LogP contribution is -2.13. The highest BCUT2D eigenvalue weighted by atomic mass is 35.5. The smallest absolute Gasteiger partial charge is 0.291 e. The summed E-state index contributed by atoms with van der Waals surface area (Å²) in [7, 11) is 0. The quantitative estimate of drug-likeness (QED) is 0.229. The summed E-state index contributed by atoms with van der Waals surface area (Å²) in [6.07, 6.45) is 0. The zero-order valence-corrected chi connectivity index (χ0v) is 20.4. The number of nitrogens with one attached hydrogen (secondary N) is 1. The van der Waals surface area contributed by atoms with Gasteiger partial charge in [0.15, 0.2) is 5.76 Å². The van der Waals surface area contributed by atoms with Crippen LogP contribution in [0.25, 0.3) is 0 Å². The Morgan fingerprint density at radius 1 is 1.22 bits per heavy atom. The molecule has 0 aliphatic heterocycles. The lowest BCUT2D eigenvalue weighted by molar-refractivity contribution is -0.385. The summed E-state index contributed by atoms with van der Waals surface area (Å²) in [4.78, 5) is 23.3. The van der Waals surface area contributed by atoms with E-state index in [1.54, 1.807) is 43.7 Å². The van der Waals surface area contributed by atoms with Crippen LogP contribution in [0.4, 0.5) is 15.8 Å². The number of carbonyl (C=O) groups is 1. The number of rotatable bonds is 8. The number of nitro benzene ring substituents is 1. The lowest BCUT2D eigenvalue weighted by atomic mass is 10.2. The summed E-state index contributed by atoms with van der Waals surface area (Å²) in [6, 6.07) is 12.0. The van der Waals surface area contributed by atoms with Gasteiger partial charge in [-0.3, -0.25) is 19.6 Å². The maximum Gasteiger partial charge on any atom is 0.291 e. The molecule has 1 amide bonds. The van der Waals surface area contributed by atoms with Crippen molar-refractivity contribution >= 4 is 28.9 Å². The van der Waals surface area contributed by atoms with Gasteiger partial charge in [-0.2, -0.15) is 5.10 Å². The zero-order chi connectivity index (χ0) is 26.0. The van der Waals surface area contributed by atoms with Gasteiger partial charge in [0.1, 0.15) is 23.9 Å². The Morgan fingerprint density at radius 3 is 2.69 bits per heavy atom. The van der Waals surface area contributed by atoms with Crippen molar-refractivity contribution in [3.8, 4) is 5.75 Å². The van der Waals surface area contributed by atoms with Gasteiger partial charge in [0.2, 0.25) is 0 Å². The standard InChI is InChI=1S/C25H22ClFN4O5/c1-14-11-17(7-9-22(14)31(33)34)35-13-18-8-10-23(36-18)25(32)28-24-15(2)29-30(16(24)3)12-19-20(26)5-4-6-21(19)27/h4-11H,12-13H2,1-3H3,(H,28,32). The fraction of sp³-hybridized carbons (Fsp3) is 0.200. The Kier molecular flexibility index (Phi) is 7.07. The third-order valence-electron chi connectivity index (χ3n) is 5.62. The molecule has 0 spiro atoms. The number of ether oxygens (including phenoxy) is 1. The monoisotopic (exact) mass is 512 g/mol. The average molecular weight is 513 g/mol. The molecule has 186 valence electrons. The third-order valence-corrected chi connectivity index (χ3v) is 5.98. The van der Waals surface area contributed by atoms with Crippen molar-refractivity contribution in [2.75, 3.05) is 5.32 Å². The molecule has 0 saturated heterocycles. The molecule has 2 aromatic carbocycles. The first-order chi connectivity index (χ1) is 17.1. The molecule has 0 bridgehead atoms. The van der Waals surface area contributed by atoms with E-state index in [9.17, 15) is 19.3 Å². The molecule has 0 aliphatic carbocycles. The van der Waals surface area contributed by atoms with Crippen LogP contribution in [0.5, 0.6) is 5.75 Å². The van der Waals surface area contributed by atoms with Crippen molar-refractivity contribution in [3.63, 3.8) is 0 Å². The lowest BCUT2D eigenvalue weighted by Gasteiger charge is -2.09. The van der Waals surface area contributed by atoms with Gasteiger partial charge in [0, 0.05) is 22.2 Å². The van der Waals surface area contributed by atoms with Crippen molar-refractivity contribution in [2.45, 2.75) is 33.9 Å². The number of halogens is 2. The van der Waals surface area contributed by atoms with E-state index >= 15 is 0 Å². The molecule has 0 unspecified atom stereocenters. The van der Waals surface area contributed by atoms with Crippen LogP contribution < -0.4 is 10.1 Å². The first kappa shape index (κ1) is 24.9. The van der Waals surface area contributed by atoms with E-state index in [1.165, 1.54) is 30.3 Å². The first-order valence-electron chi connectivity index (χ1n) is 10.9. The topological polar surface area (TPSA) is 112 Å². The molecule has 0 radical (unpaired) electrons. The van der Waals surface area contributed by atoms with Crippen molar-refractivity contribution in [1.82, 2.24) is 9.78 Å².